The van der Waals surface area contributed by atoms with Crippen LogP contribution in [0, 0.1) is 11.3 Å². The fraction of sp³-hybridized carbons (Fsp3) is 0.500. The summed E-state index contributed by atoms with van der Waals surface area (Å²) in [5.41, 5.74) is 7.04. The number of carbonyl (C=O) groups excluding carboxylic acids is 1. The molecule has 0 aliphatic carbocycles. The topological polar surface area (TPSA) is 113 Å². The second-order valence-corrected chi connectivity index (χ2v) is 8.41. The number of carbonyl (C=O) groups is 1. The van der Waals surface area contributed by atoms with Crippen LogP contribution in [-0.2, 0) is 12.8 Å². The second kappa shape index (κ2) is 8.88. The van der Waals surface area contributed by atoms with Crippen LogP contribution in [0.25, 0.3) is 0 Å². The van der Waals surface area contributed by atoms with Crippen LogP contribution in [-0.4, -0.2) is 56.8 Å². The zero-order valence-electron chi connectivity index (χ0n) is 17.1. The first-order valence-electron chi connectivity index (χ1n) is 10.1. The van der Waals surface area contributed by atoms with Gasteiger partial charge < -0.3 is 20.8 Å². The smallest absolute Gasteiger partial charge is 0.272 e. The van der Waals surface area contributed by atoms with Crippen molar-refractivity contribution >= 4 is 11.9 Å². The molecule has 1 amide bonds. The summed E-state index contributed by atoms with van der Waals surface area (Å²) >= 11 is 0. The molecule has 1 aliphatic heterocycles. The lowest BCUT2D eigenvalue weighted by Gasteiger charge is -2.45. The quantitative estimate of drug-likeness (QED) is 0.682. The van der Waals surface area contributed by atoms with Gasteiger partial charge in [-0.15, -0.1) is 0 Å². The van der Waals surface area contributed by atoms with Crippen LogP contribution in [0.5, 0.6) is 0 Å². The molecule has 29 heavy (non-hydrogen) atoms. The Morgan fingerprint density at radius 3 is 2.69 bits per heavy atom. The van der Waals surface area contributed by atoms with Crippen molar-refractivity contribution < 1.29 is 15.0 Å². The van der Waals surface area contributed by atoms with Gasteiger partial charge in [0.2, 0.25) is 5.95 Å². The number of anilines is 1. The van der Waals surface area contributed by atoms with E-state index in [9.17, 15) is 15.0 Å². The number of nitrogens with two attached hydrogens (primary N) is 1. The second-order valence-electron chi connectivity index (χ2n) is 8.41. The predicted octanol–water partition coefficient (Wildman–Crippen LogP) is 1.69. The SMILES string of the molecule is CC(C)Cc1cc(C(=O)N2CC[C@H](O)[C@](CO)(Cc3ccccc3)C2)nc(N)n1. The van der Waals surface area contributed by atoms with Crippen LogP contribution in [0.3, 0.4) is 0 Å². The Balaban J connectivity index is 1.84. The van der Waals surface area contributed by atoms with Crippen molar-refractivity contribution in [2.45, 2.75) is 39.2 Å². The Kier molecular flexibility index (Phi) is 6.49. The maximum atomic E-state index is 13.2. The molecule has 1 aromatic heterocycles. The number of piperidine rings is 1. The number of rotatable bonds is 6. The number of aromatic nitrogens is 2. The Labute approximate surface area is 171 Å². The summed E-state index contributed by atoms with van der Waals surface area (Å²) in [6.45, 7) is 4.59. The molecular weight excluding hydrogens is 368 g/mol. The number of amides is 1. The Morgan fingerprint density at radius 1 is 1.31 bits per heavy atom. The van der Waals surface area contributed by atoms with Crippen molar-refractivity contribution in [1.29, 1.82) is 0 Å². The number of hydrogen-bond acceptors (Lipinski definition) is 6. The van der Waals surface area contributed by atoms with Gasteiger partial charge in [-0.25, -0.2) is 9.97 Å². The van der Waals surface area contributed by atoms with Gasteiger partial charge in [-0.2, -0.15) is 0 Å². The van der Waals surface area contributed by atoms with Gasteiger partial charge in [0.15, 0.2) is 0 Å². The van der Waals surface area contributed by atoms with Gasteiger partial charge in [0.05, 0.1) is 12.7 Å². The summed E-state index contributed by atoms with van der Waals surface area (Å²) < 4.78 is 0. The molecule has 2 atom stereocenters. The van der Waals surface area contributed by atoms with Gasteiger partial charge in [0.1, 0.15) is 5.69 Å². The molecular formula is C22H30N4O3. The molecule has 0 spiro atoms. The summed E-state index contributed by atoms with van der Waals surface area (Å²) in [6.07, 6.45) is 0.905. The van der Waals surface area contributed by atoms with Gasteiger partial charge in [-0.3, -0.25) is 4.79 Å². The third-order valence-electron chi connectivity index (χ3n) is 5.52. The average Bonchev–Trinajstić information content (AvgIpc) is 2.69. The van der Waals surface area contributed by atoms with E-state index in [1.165, 1.54) is 0 Å². The van der Waals surface area contributed by atoms with Crippen LogP contribution in [0.2, 0.25) is 0 Å². The first-order chi connectivity index (χ1) is 13.8. The summed E-state index contributed by atoms with van der Waals surface area (Å²) in [6, 6.07) is 11.4. The summed E-state index contributed by atoms with van der Waals surface area (Å²) in [5, 5.41) is 20.9. The molecule has 7 nitrogen and oxygen atoms in total. The van der Waals surface area contributed by atoms with E-state index in [-0.39, 0.29) is 30.7 Å². The highest BCUT2D eigenvalue weighted by atomic mass is 16.3. The third-order valence-corrected chi connectivity index (χ3v) is 5.52. The van der Waals surface area contributed by atoms with Crippen molar-refractivity contribution in [3.8, 4) is 0 Å². The van der Waals surface area contributed by atoms with E-state index in [0.717, 1.165) is 11.3 Å². The van der Waals surface area contributed by atoms with E-state index >= 15 is 0 Å². The first-order valence-corrected chi connectivity index (χ1v) is 10.1. The van der Waals surface area contributed by atoms with Gasteiger partial charge in [-0.05, 0) is 36.8 Å². The lowest BCUT2D eigenvalue weighted by atomic mass is 9.73. The minimum absolute atomic E-state index is 0.0845. The number of aliphatic hydroxyl groups is 2. The number of nitrogens with zero attached hydrogens (tertiary/aromatic N) is 3. The van der Waals surface area contributed by atoms with Crippen molar-refractivity contribution in [1.82, 2.24) is 14.9 Å². The van der Waals surface area contributed by atoms with Gasteiger partial charge in [0.25, 0.3) is 5.91 Å². The summed E-state index contributed by atoms with van der Waals surface area (Å²) in [5.74, 6) is 0.216. The molecule has 0 bridgehead atoms. The molecule has 2 aromatic rings. The van der Waals surface area contributed by atoms with E-state index in [2.05, 4.69) is 23.8 Å². The maximum Gasteiger partial charge on any atom is 0.272 e. The van der Waals surface area contributed by atoms with E-state index < -0.39 is 11.5 Å². The van der Waals surface area contributed by atoms with Crippen LogP contribution < -0.4 is 5.73 Å². The molecule has 7 heteroatoms. The zero-order chi connectivity index (χ0) is 21.0. The zero-order valence-corrected chi connectivity index (χ0v) is 17.1. The maximum absolute atomic E-state index is 13.2. The van der Waals surface area contributed by atoms with E-state index in [1.54, 1.807) is 11.0 Å². The minimum Gasteiger partial charge on any atom is -0.396 e. The molecule has 2 heterocycles. The Morgan fingerprint density at radius 2 is 2.03 bits per heavy atom. The largest absolute Gasteiger partial charge is 0.396 e. The molecule has 3 rings (SSSR count). The molecule has 156 valence electrons. The van der Waals surface area contributed by atoms with Crippen molar-refractivity contribution in [3.05, 3.63) is 53.3 Å². The standard InChI is InChI=1S/C22H30N4O3/c1-15(2)10-17-11-18(25-21(23)24-17)20(29)26-9-8-19(28)22(13-26,14-27)12-16-6-4-3-5-7-16/h3-7,11,15,19,27-28H,8-10,12-14H2,1-2H3,(H2,23,24,25)/t19-,22+/m0/s1. The van der Waals surface area contributed by atoms with Gasteiger partial charge in [-0.1, -0.05) is 44.2 Å². The Bertz CT molecular complexity index is 843. The van der Waals surface area contributed by atoms with Crippen LogP contribution in [0.4, 0.5) is 5.95 Å². The lowest BCUT2D eigenvalue weighted by Crippen LogP contribution is -2.56. The number of nitrogen functional groups attached to an aromatic ring is 1. The van der Waals surface area contributed by atoms with Crippen LogP contribution in [0.15, 0.2) is 36.4 Å². The van der Waals surface area contributed by atoms with Crippen LogP contribution in [0.1, 0.15) is 42.0 Å². The summed E-state index contributed by atoms with van der Waals surface area (Å²) in [4.78, 5) is 23.2. The first kappa shape index (κ1) is 21.2. The Hall–Kier alpha value is -2.51. The molecule has 0 unspecified atom stereocenters. The van der Waals surface area contributed by atoms with Crippen LogP contribution >= 0.6 is 0 Å². The summed E-state index contributed by atoms with van der Waals surface area (Å²) in [7, 11) is 0. The predicted molar refractivity (Wildman–Crippen MR) is 111 cm³/mol. The molecule has 1 aliphatic rings. The van der Waals surface area contributed by atoms with Gasteiger partial charge >= 0.3 is 0 Å². The molecule has 1 saturated heterocycles. The van der Waals surface area contributed by atoms with E-state index in [0.29, 0.717) is 31.7 Å². The van der Waals surface area contributed by atoms with Crippen molar-refractivity contribution in [2.75, 3.05) is 25.4 Å². The van der Waals surface area contributed by atoms with Gasteiger partial charge in [0, 0.05) is 24.2 Å². The molecule has 4 N–H and O–H groups in total. The fourth-order valence-corrected chi connectivity index (χ4v) is 4.02. The molecule has 1 aromatic carbocycles. The molecule has 1 fully saturated rings. The molecule has 0 radical (unpaired) electrons. The monoisotopic (exact) mass is 398 g/mol. The highest BCUT2D eigenvalue weighted by Gasteiger charge is 2.44. The third kappa shape index (κ3) is 4.92. The number of likely N-dealkylation sites (tertiary alicyclic amines) is 1. The average molecular weight is 399 g/mol. The highest BCUT2D eigenvalue weighted by Crippen LogP contribution is 2.34. The number of hydrogen-bond donors (Lipinski definition) is 3. The van der Waals surface area contributed by atoms with E-state index in [1.807, 2.05) is 30.3 Å². The minimum atomic E-state index is -0.811. The highest BCUT2D eigenvalue weighted by molar-refractivity contribution is 5.92. The van der Waals surface area contributed by atoms with Crippen molar-refractivity contribution in [2.24, 2.45) is 11.3 Å². The normalized spacial score (nSPS) is 22.1. The van der Waals surface area contributed by atoms with E-state index in [4.69, 9.17) is 5.73 Å². The molecule has 0 saturated carbocycles. The van der Waals surface area contributed by atoms with Crippen molar-refractivity contribution in [3.63, 3.8) is 0 Å². The number of aliphatic hydroxyl groups excluding tert-OH is 2. The fourth-order valence-electron chi connectivity index (χ4n) is 4.02. The lowest BCUT2D eigenvalue weighted by molar-refractivity contribution is -0.0669. The number of benzene rings is 1.